The maximum absolute atomic E-state index is 11.5. The summed E-state index contributed by atoms with van der Waals surface area (Å²) >= 11 is 6.62. The SMILES string of the molecule is CC(C)(Br)C(=O)Nc1ccc(Br)cc1. The van der Waals surface area contributed by atoms with Gasteiger partial charge in [0.2, 0.25) is 5.91 Å². The Labute approximate surface area is 100 Å². The van der Waals surface area contributed by atoms with E-state index in [1.54, 1.807) is 13.8 Å². The zero-order valence-electron chi connectivity index (χ0n) is 7.97. The standard InChI is InChI=1S/C10H11Br2NO/c1-10(2,12)9(14)13-8-5-3-7(11)4-6-8/h3-6H,1-2H3,(H,13,14). The molecule has 0 aliphatic rings. The van der Waals surface area contributed by atoms with E-state index in [-0.39, 0.29) is 5.91 Å². The molecule has 0 atom stereocenters. The third kappa shape index (κ3) is 3.42. The number of hydrogen-bond acceptors (Lipinski definition) is 1. The van der Waals surface area contributed by atoms with E-state index in [4.69, 9.17) is 0 Å². The number of amides is 1. The smallest absolute Gasteiger partial charge is 0.240 e. The minimum atomic E-state index is -0.542. The summed E-state index contributed by atoms with van der Waals surface area (Å²) in [5.41, 5.74) is 0.797. The molecular weight excluding hydrogens is 310 g/mol. The summed E-state index contributed by atoms with van der Waals surface area (Å²) in [4.78, 5) is 11.5. The maximum atomic E-state index is 11.5. The molecule has 0 radical (unpaired) electrons. The second kappa shape index (κ2) is 4.45. The Bertz CT molecular complexity index is 327. The van der Waals surface area contributed by atoms with Crippen LogP contribution in [0.1, 0.15) is 13.8 Å². The molecule has 4 heteroatoms. The molecule has 0 saturated heterocycles. The van der Waals surface area contributed by atoms with Crippen LogP contribution < -0.4 is 5.32 Å². The summed E-state index contributed by atoms with van der Waals surface area (Å²) in [7, 11) is 0. The number of hydrogen-bond donors (Lipinski definition) is 1. The normalized spacial score (nSPS) is 11.1. The Morgan fingerprint density at radius 3 is 2.21 bits per heavy atom. The van der Waals surface area contributed by atoms with Crippen molar-refractivity contribution in [1.29, 1.82) is 0 Å². The third-order valence-corrected chi connectivity index (χ3v) is 2.53. The Hall–Kier alpha value is -0.350. The second-order valence-electron chi connectivity index (χ2n) is 3.43. The summed E-state index contributed by atoms with van der Waals surface area (Å²) in [6.07, 6.45) is 0. The lowest BCUT2D eigenvalue weighted by Crippen LogP contribution is -2.30. The van der Waals surface area contributed by atoms with Crippen LogP contribution in [0, 0.1) is 0 Å². The Balaban J connectivity index is 2.71. The topological polar surface area (TPSA) is 29.1 Å². The van der Waals surface area contributed by atoms with Crippen LogP contribution in [0.15, 0.2) is 28.7 Å². The molecule has 1 aromatic carbocycles. The fourth-order valence-electron chi connectivity index (χ4n) is 0.813. The predicted octanol–water partition coefficient (Wildman–Crippen LogP) is 3.56. The highest BCUT2D eigenvalue weighted by atomic mass is 79.9. The average Bonchev–Trinajstić information content (AvgIpc) is 2.07. The minimum absolute atomic E-state index is 0.0557. The molecule has 0 aliphatic heterocycles. The average molecular weight is 321 g/mol. The van der Waals surface area contributed by atoms with Gasteiger partial charge in [-0.15, -0.1) is 0 Å². The van der Waals surface area contributed by atoms with Crippen molar-refractivity contribution in [3.8, 4) is 0 Å². The highest BCUT2D eigenvalue weighted by molar-refractivity contribution is 9.10. The van der Waals surface area contributed by atoms with E-state index in [1.807, 2.05) is 24.3 Å². The number of halogens is 2. The van der Waals surface area contributed by atoms with Crippen molar-refractivity contribution in [1.82, 2.24) is 0 Å². The molecule has 0 bridgehead atoms. The van der Waals surface area contributed by atoms with Crippen molar-refractivity contribution in [3.05, 3.63) is 28.7 Å². The molecule has 2 nitrogen and oxygen atoms in total. The summed E-state index contributed by atoms with van der Waals surface area (Å²) in [6, 6.07) is 7.47. The summed E-state index contributed by atoms with van der Waals surface area (Å²) in [6.45, 7) is 3.61. The van der Waals surface area contributed by atoms with Gasteiger partial charge in [0.15, 0.2) is 0 Å². The van der Waals surface area contributed by atoms with Crippen LogP contribution in [0.3, 0.4) is 0 Å². The van der Waals surface area contributed by atoms with Gasteiger partial charge in [0, 0.05) is 10.2 Å². The van der Waals surface area contributed by atoms with Crippen molar-refractivity contribution in [3.63, 3.8) is 0 Å². The summed E-state index contributed by atoms with van der Waals surface area (Å²) < 4.78 is 0.452. The van der Waals surface area contributed by atoms with Crippen LogP contribution in [0.2, 0.25) is 0 Å². The van der Waals surface area contributed by atoms with Crippen LogP contribution in [0.4, 0.5) is 5.69 Å². The highest BCUT2D eigenvalue weighted by Crippen LogP contribution is 2.20. The summed E-state index contributed by atoms with van der Waals surface area (Å²) in [5, 5.41) is 2.80. The molecule has 0 spiro atoms. The van der Waals surface area contributed by atoms with Gasteiger partial charge >= 0.3 is 0 Å². The van der Waals surface area contributed by atoms with E-state index in [1.165, 1.54) is 0 Å². The van der Waals surface area contributed by atoms with E-state index in [0.29, 0.717) is 0 Å². The van der Waals surface area contributed by atoms with Crippen LogP contribution in [-0.2, 0) is 4.79 Å². The molecule has 1 amide bonds. The molecule has 0 aliphatic carbocycles. The fourth-order valence-corrected chi connectivity index (χ4v) is 1.18. The predicted molar refractivity (Wildman–Crippen MR) is 65.8 cm³/mol. The van der Waals surface area contributed by atoms with Crippen molar-refractivity contribution in [2.75, 3.05) is 5.32 Å². The van der Waals surface area contributed by atoms with Crippen LogP contribution >= 0.6 is 31.9 Å². The number of benzene rings is 1. The first-order valence-electron chi connectivity index (χ1n) is 4.15. The molecule has 1 N–H and O–H groups in total. The fraction of sp³-hybridized carbons (Fsp3) is 0.300. The van der Waals surface area contributed by atoms with Crippen molar-refractivity contribution < 1.29 is 4.79 Å². The zero-order chi connectivity index (χ0) is 10.8. The van der Waals surface area contributed by atoms with E-state index >= 15 is 0 Å². The van der Waals surface area contributed by atoms with E-state index in [9.17, 15) is 4.79 Å². The molecular formula is C10H11Br2NO. The second-order valence-corrected chi connectivity index (χ2v) is 6.33. The first kappa shape index (κ1) is 11.7. The number of alkyl halides is 1. The number of nitrogens with one attached hydrogen (secondary N) is 1. The van der Waals surface area contributed by atoms with E-state index < -0.39 is 4.32 Å². The Morgan fingerprint density at radius 1 is 1.29 bits per heavy atom. The number of carbonyl (C=O) groups excluding carboxylic acids is 1. The monoisotopic (exact) mass is 319 g/mol. The molecule has 0 unspecified atom stereocenters. The highest BCUT2D eigenvalue weighted by Gasteiger charge is 2.23. The molecule has 76 valence electrons. The van der Waals surface area contributed by atoms with E-state index in [0.717, 1.165) is 10.2 Å². The molecule has 0 aromatic heterocycles. The Morgan fingerprint density at radius 2 is 1.79 bits per heavy atom. The van der Waals surface area contributed by atoms with Gasteiger partial charge in [-0.25, -0.2) is 0 Å². The molecule has 0 saturated carbocycles. The van der Waals surface area contributed by atoms with Crippen molar-refractivity contribution >= 4 is 43.5 Å². The quantitative estimate of drug-likeness (QED) is 0.829. The van der Waals surface area contributed by atoms with Crippen LogP contribution in [0.25, 0.3) is 0 Å². The van der Waals surface area contributed by atoms with Crippen LogP contribution in [-0.4, -0.2) is 10.2 Å². The van der Waals surface area contributed by atoms with Gasteiger partial charge in [0.25, 0.3) is 0 Å². The molecule has 0 fully saturated rings. The van der Waals surface area contributed by atoms with Crippen molar-refractivity contribution in [2.45, 2.75) is 18.2 Å². The zero-order valence-corrected chi connectivity index (χ0v) is 11.1. The Kier molecular flexibility index (Phi) is 3.72. The van der Waals surface area contributed by atoms with Gasteiger partial charge in [0.05, 0.1) is 4.32 Å². The molecule has 1 rings (SSSR count). The summed E-state index contributed by atoms with van der Waals surface area (Å²) in [5.74, 6) is -0.0557. The first-order chi connectivity index (χ1) is 6.39. The van der Waals surface area contributed by atoms with E-state index in [2.05, 4.69) is 37.2 Å². The molecule has 0 heterocycles. The van der Waals surface area contributed by atoms with Crippen molar-refractivity contribution in [2.24, 2.45) is 0 Å². The number of rotatable bonds is 2. The molecule has 14 heavy (non-hydrogen) atoms. The van der Waals surface area contributed by atoms with Gasteiger partial charge < -0.3 is 5.32 Å². The minimum Gasteiger partial charge on any atom is -0.325 e. The van der Waals surface area contributed by atoms with Gasteiger partial charge in [0.1, 0.15) is 0 Å². The molecule has 1 aromatic rings. The largest absolute Gasteiger partial charge is 0.325 e. The van der Waals surface area contributed by atoms with Gasteiger partial charge in [-0.3, -0.25) is 4.79 Å². The third-order valence-electron chi connectivity index (χ3n) is 1.64. The lowest BCUT2D eigenvalue weighted by molar-refractivity contribution is -0.117. The number of anilines is 1. The first-order valence-corrected chi connectivity index (χ1v) is 5.74. The lowest BCUT2D eigenvalue weighted by Gasteiger charge is -2.15. The lowest BCUT2D eigenvalue weighted by atomic mass is 10.2. The number of carbonyl (C=O) groups is 1. The maximum Gasteiger partial charge on any atom is 0.240 e. The van der Waals surface area contributed by atoms with Gasteiger partial charge in [-0.2, -0.15) is 0 Å². The van der Waals surface area contributed by atoms with Gasteiger partial charge in [-0.1, -0.05) is 31.9 Å². The van der Waals surface area contributed by atoms with Gasteiger partial charge in [-0.05, 0) is 38.1 Å². The van der Waals surface area contributed by atoms with Crippen LogP contribution in [0.5, 0.6) is 0 Å².